The van der Waals surface area contributed by atoms with Crippen molar-refractivity contribution >= 4 is 11.9 Å². The van der Waals surface area contributed by atoms with Crippen LogP contribution in [0.1, 0.15) is 34.2 Å². The molecular weight excluding hydrogens is 347 g/mol. The van der Waals surface area contributed by atoms with Gasteiger partial charge in [0.05, 0.1) is 16.9 Å². The second kappa shape index (κ2) is 7.94. The normalized spacial score (nSPS) is 10.7. The van der Waals surface area contributed by atoms with Crippen LogP contribution in [0, 0.1) is 19.7 Å². The van der Waals surface area contributed by atoms with Crippen molar-refractivity contribution in [3.8, 4) is 5.69 Å². The van der Waals surface area contributed by atoms with Crippen LogP contribution in [0.3, 0.4) is 0 Å². The summed E-state index contributed by atoms with van der Waals surface area (Å²) in [5, 5.41) is 10.4. The highest BCUT2D eigenvalue weighted by molar-refractivity contribution is 5.93. The second-order valence-corrected chi connectivity index (χ2v) is 6.05. The first-order valence-electron chi connectivity index (χ1n) is 8.64. The zero-order valence-corrected chi connectivity index (χ0v) is 15.5. The summed E-state index contributed by atoms with van der Waals surface area (Å²) < 4.78 is 14.9. The van der Waals surface area contributed by atoms with Gasteiger partial charge in [-0.3, -0.25) is 4.79 Å². The van der Waals surface area contributed by atoms with E-state index >= 15 is 0 Å². The lowest BCUT2D eigenvalue weighted by Crippen LogP contribution is -2.24. The van der Waals surface area contributed by atoms with Crippen LogP contribution >= 0.6 is 0 Å². The third-order valence-electron chi connectivity index (χ3n) is 4.19. The Bertz CT molecular complexity index is 934. The predicted molar refractivity (Wildman–Crippen MR) is 100 cm³/mol. The molecule has 2 aromatic heterocycles. The van der Waals surface area contributed by atoms with E-state index in [-0.39, 0.29) is 11.7 Å². The summed E-state index contributed by atoms with van der Waals surface area (Å²) in [5.41, 5.74) is 3.76. The number of aryl methyl sites for hydroxylation is 1. The molecule has 0 aliphatic carbocycles. The monoisotopic (exact) mass is 368 g/mol. The fourth-order valence-electron chi connectivity index (χ4n) is 2.73. The molecule has 0 aliphatic heterocycles. The molecule has 2 heterocycles. The molecule has 0 fully saturated rings. The summed E-state index contributed by atoms with van der Waals surface area (Å²) >= 11 is 0. The molecule has 0 bridgehead atoms. The third-order valence-corrected chi connectivity index (χ3v) is 4.19. The highest BCUT2D eigenvalue weighted by Crippen LogP contribution is 2.18. The van der Waals surface area contributed by atoms with E-state index in [4.69, 9.17) is 0 Å². The average molecular weight is 368 g/mol. The van der Waals surface area contributed by atoms with Crippen molar-refractivity contribution in [1.82, 2.24) is 25.1 Å². The molecule has 3 rings (SSSR count). The van der Waals surface area contributed by atoms with Crippen LogP contribution in [0.2, 0.25) is 0 Å². The molecule has 3 aromatic rings. The predicted octanol–water partition coefficient (Wildman–Crippen LogP) is 2.78. The zero-order chi connectivity index (χ0) is 19.4. The zero-order valence-electron chi connectivity index (χ0n) is 15.5. The minimum absolute atomic E-state index is 0.258. The molecule has 0 aliphatic rings. The van der Waals surface area contributed by atoms with Crippen molar-refractivity contribution in [2.45, 2.75) is 27.3 Å². The summed E-state index contributed by atoms with van der Waals surface area (Å²) in [7, 11) is 0. The Balaban J connectivity index is 1.72. The van der Waals surface area contributed by atoms with Crippen LogP contribution < -0.4 is 10.6 Å². The highest BCUT2D eigenvalue weighted by Gasteiger charge is 2.15. The molecule has 8 heteroatoms. The van der Waals surface area contributed by atoms with E-state index in [9.17, 15) is 9.18 Å². The van der Waals surface area contributed by atoms with Gasteiger partial charge in [-0.1, -0.05) is 0 Å². The van der Waals surface area contributed by atoms with Crippen molar-refractivity contribution in [1.29, 1.82) is 0 Å². The van der Waals surface area contributed by atoms with E-state index in [1.54, 1.807) is 16.8 Å². The molecule has 0 saturated carbocycles. The van der Waals surface area contributed by atoms with Gasteiger partial charge in [-0.05, 0) is 45.0 Å². The van der Waals surface area contributed by atoms with Gasteiger partial charge in [0, 0.05) is 36.7 Å². The van der Waals surface area contributed by atoms with Gasteiger partial charge < -0.3 is 10.6 Å². The molecule has 0 unspecified atom stereocenters. The van der Waals surface area contributed by atoms with Gasteiger partial charge in [0.2, 0.25) is 5.95 Å². The molecule has 2 N–H and O–H groups in total. The fraction of sp³-hybridized carbons (Fsp3) is 0.263. The van der Waals surface area contributed by atoms with Crippen LogP contribution in [0.15, 0.2) is 36.7 Å². The number of hydrogen-bond acceptors (Lipinski definition) is 5. The average Bonchev–Trinajstić information content (AvgIpc) is 2.95. The molecule has 140 valence electrons. The number of anilines is 1. The number of carbonyl (C=O) groups is 1. The number of hydrogen-bond donors (Lipinski definition) is 2. The van der Waals surface area contributed by atoms with Crippen LogP contribution in [-0.2, 0) is 6.54 Å². The Kier molecular flexibility index (Phi) is 5.44. The van der Waals surface area contributed by atoms with Crippen LogP contribution in [0.4, 0.5) is 10.3 Å². The first kappa shape index (κ1) is 18.5. The summed E-state index contributed by atoms with van der Waals surface area (Å²) in [5.74, 6) is -0.0668. The van der Waals surface area contributed by atoms with Crippen LogP contribution in [-0.4, -0.2) is 32.2 Å². The first-order chi connectivity index (χ1) is 13.0. The maximum absolute atomic E-state index is 13.1. The van der Waals surface area contributed by atoms with E-state index in [0.717, 1.165) is 22.6 Å². The Labute approximate surface area is 156 Å². The number of carbonyl (C=O) groups excluding carboxylic acids is 1. The molecule has 1 aromatic carbocycles. The van der Waals surface area contributed by atoms with E-state index in [2.05, 4.69) is 25.7 Å². The standard InChI is InChI=1S/C19H21FN6O/c1-4-21-19-23-9-14(10-24-19)18(27)22-11-17-12(2)25-26(13(17)3)16-7-5-15(20)6-8-16/h5-10H,4,11H2,1-3H3,(H,22,27)(H,21,23,24). The van der Waals surface area contributed by atoms with Crippen LogP contribution in [0.25, 0.3) is 5.69 Å². The second-order valence-electron chi connectivity index (χ2n) is 6.05. The van der Waals surface area contributed by atoms with Gasteiger partial charge in [-0.15, -0.1) is 0 Å². The summed E-state index contributed by atoms with van der Waals surface area (Å²) in [6.07, 6.45) is 2.98. The Hall–Kier alpha value is -3.29. The van der Waals surface area contributed by atoms with E-state index in [1.165, 1.54) is 24.5 Å². The number of rotatable bonds is 6. The van der Waals surface area contributed by atoms with Gasteiger partial charge in [-0.25, -0.2) is 19.0 Å². The molecular formula is C19H21FN6O. The Morgan fingerprint density at radius 3 is 2.44 bits per heavy atom. The van der Waals surface area contributed by atoms with Crippen molar-refractivity contribution in [3.63, 3.8) is 0 Å². The fourth-order valence-corrected chi connectivity index (χ4v) is 2.73. The lowest BCUT2D eigenvalue weighted by atomic mass is 10.2. The SMILES string of the molecule is CCNc1ncc(C(=O)NCc2c(C)nn(-c3ccc(F)cc3)c2C)cn1. The van der Waals surface area contributed by atoms with Crippen molar-refractivity contribution in [2.24, 2.45) is 0 Å². The van der Waals surface area contributed by atoms with Crippen LogP contribution in [0.5, 0.6) is 0 Å². The number of halogens is 1. The lowest BCUT2D eigenvalue weighted by Gasteiger charge is -2.07. The molecule has 27 heavy (non-hydrogen) atoms. The minimum Gasteiger partial charge on any atom is -0.355 e. The Morgan fingerprint density at radius 2 is 1.81 bits per heavy atom. The molecule has 0 spiro atoms. The molecule has 7 nitrogen and oxygen atoms in total. The number of aromatic nitrogens is 4. The summed E-state index contributed by atoms with van der Waals surface area (Å²) in [6.45, 7) is 6.78. The van der Waals surface area contributed by atoms with Gasteiger partial charge in [-0.2, -0.15) is 5.10 Å². The largest absolute Gasteiger partial charge is 0.355 e. The third kappa shape index (κ3) is 4.11. The highest BCUT2D eigenvalue weighted by atomic mass is 19.1. The van der Waals surface area contributed by atoms with Gasteiger partial charge in [0.25, 0.3) is 5.91 Å². The minimum atomic E-state index is -0.296. The molecule has 0 saturated heterocycles. The van der Waals surface area contributed by atoms with Gasteiger partial charge in [0.1, 0.15) is 5.82 Å². The smallest absolute Gasteiger partial charge is 0.254 e. The topological polar surface area (TPSA) is 84.7 Å². The maximum atomic E-state index is 13.1. The Morgan fingerprint density at radius 1 is 1.15 bits per heavy atom. The van der Waals surface area contributed by atoms with Crippen molar-refractivity contribution in [2.75, 3.05) is 11.9 Å². The molecule has 1 amide bonds. The lowest BCUT2D eigenvalue weighted by molar-refractivity contribution is 0.0950. The number of nitrogens with one attached hydrogen (secondary N) is 2. The van der Waals surface area contributed by atoms with E-state index < -0.39 is 0 Å². The number of amides is 1. The maximum Gasteiger partial charge on any atom is 0.254 e. The quantitative estimate of drug-likeness (QED) is 0.699. The summed E-state index contributed by atoms with van der Waals surface area (Å²) in [4.78, 5) is 20.5. The summed E-state index contributed by atoms with van der Waals surface area (Å²) in [6, 6.07) is 6.12. The van der Waals surface area contributed by atoms with Gasteiger partial charge in [0.15, 0.2) is 0 Å². The van der Waals surface area contributed by atoms with Crippen molar-refractivity contribution < 1.29 is 9.18 Å². The number of benzene rings is 1. The van der Waals surface area contributed by atoms with E-state index in [1.807, 2.05) is 20.8 Å². The number of nitrogens with zero attached hydrogens (tertiary/aromatic N) is 4. The van der Waals surface area contributed by atoms with Gasteiger partial charge >= 0.3 is 0 Å². The van der Waals surface area contributed by atoms with Crippen molar-refractivity contribution in [3.05, 3.63) is 65.0 Å². The molecule has 0 atom stereocenters. The first-order valence-corrected chi connectivity index (χ1v) is 8.64. The van der Waals surface area contributed by atoms with E-state index in [0.29, 0.717) is 24.6 Å². The molecule has 0 radical (unpaired) electrons.